The molecule has 302 valence electrons. The number of aromatic nitrogens is 6. The van der Waals surface area contributed by atoms with E-state index in [1.54, 1.807) is 28.9 Å². The van der Waals surface area contributed by atoms with Crippen LogP contribution < -0.4 is 0 Å². The van der Waals surface area contributed by atoms with Crippen LogP contribution in [0, 0.1) is 36.3 Å². The first-order valence-corrected chi connectivity index (χ1v) is 20.1. The van der Waals surface area contributed by atoms with Crippen LogP contribution in [0.1, 0.15) is 79.9 Å². The Labute approximate surface area is 336 Å². The summed E-state index contributed by atoms with van der Waals surface area (Å²) < 4.78 is 54.5. The number of carbonyl (C=O) groups is 1. The number of aromatic amines is 1. The lowest BCUT2D eigenvalue weighted by molar-refractivity contribution is -0.234. The summed E-state index contributed by atoms with van der Waals surface area (Å²) >= 11 is 0. The molecule has 3 aromatic heterocycles. The highest BCUT2D eigenvalue weighted by atomic mass is 19.1. The maximum absolute atomic E-state index is 13.2. The third kappa shape index (κ3) is 6.39. The van der Waals surface area contributed by atoms with Crippen LogP contribution in [-0.4, -0.2) is 73.5 Å². The smallest absolute Gasteiger partial charge is 0.178 e. The van der Waals surface area contributed by atoms with Gasteiger partial charge in [0, 0.05) is 35.9 Å². The molecule has 2 saturated carbocycles. The quantitative estimate of drug-likeness (QED) is 0.191. The van der Waals surface area contributed by atoms with E-state index in [0.29, 0.717) is 45.7 Å². The van der Waals surface area contributed by atoms with Crippen molar-refractivity contribution in [2.75, 3.05) is 26.4 Å². The molecule has 0 bridgehead atoms. The summed E-state index contributed by atoms with van der Waals surface area (Å²) in [6, 6.07) is 14.7. The summed E-state index contributed by atoms with van der Waals surface area (Å²) in [7, 11) is 0. The van der Waals surface area contributed by atoms with Crippen molar-refractivity contribution in [2.45, 2.75) is 84.2 Å². The average Bonchev–Trinajstić information content (AvgIpc) is 4.07. The van der Waals surface area contributed by atoms with Gasteiger partial charge < -0.3 is 18.9 Å². The second-order valence-electron chi connectivity index (χ2n) is 16.5. The molecular formula is C45H48F2N6O5. The minimum Gasteiger partial charge on any atom is -0.347 e. The molecule has 11 rings (SSSR count). The Kier molecular flexibility index (Phi) is 9.70. The fourth-order valence-electron chi connectivity index (χ4n) is 9.85. The number of benzene rings is 2. The number of aryl methyl sites for hydroxylation is 2. The molecule has 11 nitrogen and oxygen atoms in total. The van der Waals surface area contributed by atoms with Gasteiger partial charge in [-0.3, -0.25) is 9.89 Å². The number of nitrogens with zero attached hydrogens (tertiary/aromatic N) is 5. The Bertz CT molecular complexity index is 2380. The number of ether oxygens (including phenoxy) is 4. The largest absolute Gasteiger partial charge is 0.347 e. The number of carbonyl (C=O) groups excluding carboxylic acids is 1. The highest BCUT2D eigenvalue weighted by Gasteiger charge is 2.60. The van der Waals surface area contributed by atoms with E-state index in [-0.39, 0.29) is 22.8 Å². The van der Waals surface area contributed by atoms with E-state index in [9.17, 15) is 13.6 Å². The fourth-order valence-corrected chi connectivity index (χ4v) is 9.85. The van der Waals surface area contributed by atoms with Gasteiger partial charge in [-0.05, 0) is 124 Å². The lowest BCUT2D eigenvalue weighted by Crippen LogP contribution is -2.55. The van der Waals surface area contributed by atoms with Gasteiger partial charge in [0.1, 0.15) is 11.6 Å². The van der Waals surface area contributed by atoms with Gasteiger partial charge >= 0.3 is 0 Å². The van der Waals surface area contributed by atoms with Crippen molar-refractivity contribution < 1.29 is 32.5 Å². The van der Waals surface area contributed by atoms with Crippen molar-refractivity contribution in [3.63, 3.8) is 0 Å². The first-order valence-electron chi connectivity index (χ1n) is 20.1. The molecule has 2 atom stereocenters. The van der Waals surface area contributed by atoms with E-state index in [0.717, 1.165) is 71.0 Å². The first-order chi connectivity index (χ1) is 27.9. The lowest BCUT2D eigenvalue weighted by Gasteiger charge is -2.50. The molecule has 2 spiro atoms. The number of fused-ring (bicyclic) bond motifs is 6. The van der Waals surface area contributed by atoms with Gasteiger partial charge in [-0.2, -0.15) is 15.3 Å². The molecule has 2 aliphatic heterocycles. The predicted octanol–water partition coefficient (Wildman–Crippen LogP) is 7.97. The van der Waals surface area contributed by atoms with Crippen LogP contribution in [0.3, 0.4) is 0 Å². The van der Waals surface area contributed by atoms with Gasteiger partial charge in [0.25, 0.3) is 0 Å². The number of H-pyrrole nitrogens is 1. The topological polar surface area (TPSA) is 118 Å². The maximum Gasteiger partial charge on any atom is 0.178 e. The van der Waals surface area contributed by atoms with E-state index in [2.05, 4.69) is 40.3 Å². The summed E-state index contributed by atoms with van der Waals surface area (Å²) in [5, 5.41) is 15.8. The van der Waals surface area contributed by atoms with Crippen LogP contribution in [0.15, 0.2) is 78.1 Å². The van der Waals surface area contributed by atoms with Crippen LogP contribution >= 0.6 is 0 Å². The van der Waals surface area contributed by atoms with Crippen molar-refractivity contribution >= 4 is 17.9 Å². The van der Waals surface area contributed by atoms with Gasteiger partial charge in [-0.1, -0.05) is 12.5 Å². The number of halogens is 2. The Hall–Kier alpha value is -5.08. The van der Waals surface area contributed by atoms with E-state index in [4.69, 9.17) is 18.9 Å². The Morgan fingerprint density at radius 3 is 1.71 bits per heavy atom. The standard InChI is InChI=1S/C20H19FN2O3.C20H21FN2O2.C5H8N2/c1-19-11-13-12-22-23(15-4-2-14(21)3-5-15)17(13)10-16(19)18(24)6-7-20(19)25-8-9-26-20;1-19-12-14-13-22-23(17-6-4-16(21)5-7-17)18(14)11-15(19)3-2-8-20(19)24-9-10-25-20;1-4-3-5(2)7-6-4/h2-5,10,12H,6-9,11H2,1H3;4-7,11,13H,2-3,8-10,12H2,1H3;3H,1-2H3,(H,6,7)/t2*19-;/m00./s1. The van der Waals surface area contributed by atoms with Crippen LogP contribution in [-0.2, 0) is 36.6 Å². The molecule has 13 heteroatoms. The summed E-state index contributed by atoms with van der Waals surface area (Å²) in [4.78, 5) is 12.7. The SMILES string of the molecule is C[C@]12Cc3cnn(-c4ccc(F)cc4)c3C=C1C(=O)CCC21OCCO1.C[C@]12Cc3cnn(-c4ccc(F)cc4)c3C=C1CCCC21OCCO1.Cc1cc(C)[nH]n1. The molecule has 5 heterocycles. The molecule has 0 unspecified atom stereocenters. The van der Waals surface area contributed by atoms with Gasteiger partial charge in [-0.25, -0.2) is 18.1 Å². The van der Waals surface area contributed by atoms with Crippen LogP contribution in [0.2, 0.25) is 0 Å². The number of rotatable bonds is 2. The zero-order chi connectivity index (χ0) is 40.3. The van der Waals surface area contributed by atoms with E-state index in [1.165, 1.54) is 35.4 Å². The minimum atomic E-state index is -0.734. The monoisotopic (exact) mass is 790 g/mol. The molecule has 0 amide bonds. The molecule has 58 heavy (non-hydrogen) atoms. The number of nitrogens with one attached hydrogen (secondary N) is 1. The second kappa shape index (κ2) is 14.6. The molecule has 2 saturated heterocycles. The van der Waals surface area contributed by atoms with E-state index in [1.807, 2.05) is 43.1 Å². The van der Waals surface area contributed by atoms with E-state index >= 15 is 0 Å². The highest BCUT2D eigenvalue weighted by Crippen LogP contribution is 2.57. The van der Waals surface area contributed by atoms with Crippen LogP contribution in [0.5, 0.6) is 0 Å². The first kappa shape index (κ1) is 38.4. The molecule has 2 aromatic carbocycles. The molecule has 1 N–H and O–H groups in total. The molecule has 4 aliphatic carbocycles. The fraction of sp³-hybridized carbons (Fsp3) is 0.422. The van der Waals surface area contributed by atoms with Crippen molar-refractivity contribution in [1.29, 1.82) is 0 Å². The molecule has 4 fully saturated rings. The minimum absolute atomic E-state index is 0.134. The van der Waals surface area contributed by atoms with Crippen molar-refractivity contribution in [1.82, 2.24) is 29.8 Å². The van der Waals surface area contributed by atoms with E-state index < -0.39 is 17.0 Å². The number of hydrogen-bond donors (Lipinski definition) is 1. The lowest BCUT2D eigenvalue weighted by atomic mass is 9.61. The molecule has 5 aromatic rings. The predicted molar refractivity (Wildman–Crippen MR) is 212 cm³/mol. The van der Waals surface area contributed by atoms with Gasteiger partial charge in [0.05, 0.1) is 72.7 Å². The molecule has 6 aliphatic rings. The van der Waals surface area contributed by atoms with Gasteiger partial charge in [-0.15, -0.1) is 0 Å². The second-order valence-corrected chi connectivity index (χ2v) is 16.5. The zero-order valence-corrected chi connectivity index (χ0v) is 33.3. The van der Waals surface area contributed by atoms with Crippen molar-refractivity contribution in [3.8, 4) is 11.4 Å². The van der Waals surface area contributed by atoms with Crippen LogP contribution in [0.4, 0.5) is 8.78 Å². The normalized spacial score (nSPS) is 24.7. The summed E-state index contributed by atoms with van der Waals surface area (Å²) in [6.45, 7) is 10.7. The number of ketones is 1. The van der Waals surface area contributed by atoms with Crippen molar-refractivity contribution in [3.05, 3.63) is 124 Å². The molecule has 0 radical (unpaired) electrons. The third-order valence-corrected chi connectivity index (χ3v) is 12.9. The number of hydrogen-bond acceptors (Lipinski definition) is 8. The zero-order valence-electron chi connectivity index (χ0n) is 33.3. The van der Waals surface area contributed by atoms with Gasteiger partial charge in [0.2, 0.25) is 0 Å². The maximum atomic E-state index is 13.2. The Morgan fingerprint density at radius 1 is 0.690 bits per heavy atom. The molecular weight excluding hydrogens is 743 g/mol. The summed E-state index contributed by atoms with van der Waals surface area (Å²) in [5.41, 5.74) is 9.44. The Morgan fingerprint density at radius 2 is 1.21 bits per heavy atom. The average molecular weight is 791 g/mol. The van der Waals surface area contributed by atoms with Crippen LogP contribution in [0.25, 0.3) is 23.5 Å². The highest BCUT2D eigenvalue weighted by molar-refractivity contribution is 6.02. The summed E-state index contributed by atoms with van der Waals surface area (Å²) in [5.74, 6) is -1.62. The Balaban J connectivity index is 0.000000129. The third-order valence-electron chi connectivity index (χ3n) is 12.9. The summed E-state index contributed by atoms with van der Waals surface area (Å²) in [6.07, 6.45) is 13.5. The van der Waals surface area contributed by atoms with Crippen molar-refractivity contribution in [2.24, 2.45) is 10.8 Å². The van der Waals surface area contributed by atoms with Gasteiger partial charge in [0.15, 0.2) is 17.4 Å². The number of Topliss-reactive ketones (excluding diaryl/α,β-unsaturated/α-hetero) is 1.